The Kier molecular flexibility index (Phi) is 8.23. The molecule has 4 rings (SSSR count). The molecule has 208 valence electrons. The van der Waals surface area contributed by atoms with Gasteiger partial charge in [-0.15, -0.1) is 0 Å². The van der Waals surface area contributed by atoms with E-state index in [0.717, 1.165) is 38.5 Å². The first kappa shape index (κ1) is 28.3. The molecule has 6 nitrogen and oxygen atoms in total. The second-order valence-corrected chi connectivity index (χ2v) is 13.6. The second-order valence-electron chi connectivity index (χ2n) is 13.6. The number of hydrogen-bond donors (Lipinski definition) is 4. The van der Waals surface area contributed by atoms with Crippen molar-refractivity contribution in [1.29, 1.82) is 0 Å². The molecular formula is C30H52O6. The lowest BCUT2D eigenvalue weighted by Gasteiger charge is -2.57. The Morgan fingerprint density at radius 2 is 1.69 bits per heavy atom. The van der Waals surface area contributed by atoms with Gasteiger partial charge in [-0.25, -0.2) is 0 Å². The molecule has 4 unspecified atom stereocenters. The second kappa shape index (κ2) is 10.5. The van der Waals surface area contributed by atoms with Crippen molar-refractivity contribution in [3.8, 4) is 0 Å². The fourth-order valence-electron chi connectivity index (χ4n) is 10.0. The standard InChI is InChI=1S/C30H52O6/c1-7-18(16(3)4)27(34)26(33)17(5)20-9-10-22-19-15-36-28(35)23-13-24(31)25(32)14-29(23,6)21(19)11-12-30(20,22)8-2/h16-27,31-34H,7-15H2,1-6H3/t17-,18-,19?,20+,21?,22?,23?,24-,25+,26+,27+,29+,30+/m0/s1. The molecule has 3 aliphatic carbocycles. The summed E-state index contributed by atoms with van der Waals surface area (Å²) in [4.78, 5) is 13.1. The van der Waals surface area contributed by atoms with Gasteiger partial charge in [0.2, 0.25) is 0 Å². The maximum Gasteiger partial charge on any atom is 0.309 e. The lowest BCUT2D eigenvalue weighted by molar-refractivity contribution is -0.162. The number of carbonyl (C=O) groups is 1. The van der Waals surface area contributed by atoms with Gasteiger partial charge in [0.25, 0.3) is 0 Å². The van der Waals surface area contributed by atoms with Gasteiger partial charge in [-0.05, 0) is 97.2 Å². The van der Waals surface area contributed by atoms with Crippen LogP contribution in [0, 0.1) is 58.2 Å². The Morgan fingerprint density at radius 3 is 2.31 bits per heavy atom. The fraction of sp³-hybridized carbons (Fsp3) is 0.967. The minimum atomic E-state index is -0.868. The van der Waals surface area contributed by atoms with Gasteiger partial charge < -0.3 is 25.2 Å². The van der Waals surface area contributed by atoms with E-state index in [1.807, 2.05) is 0 Å². The van der Waals surface area contributed by atoms with Gasteiger partial charge in [0.15, 0.2) is 0 Å². The normalized spacial score (nSPS) is 46.1. The van der Waals surface area contributed by atoms with E-state index in [0.29, 0.717) is 30.8 Å². The molecule has 0 amide bonds. The van der Waals surface area contributed by atoms with Crippen LogP contribution >= 0.6 is 0 Å². The van der Waals surface area contributed by atoms with Crippen LogP contribution < -0.4 is 0 Å². The third-order valence-electron chi connectivity index (χ3n) is 12.1. The van der Waals surface area contributed by atoms with Crippen molar-refractivity contribution in [2.24, 2.45) is 58.2 Å². The Labute approximate surface area is 218 Å². The summed E-state index contributed by atoms with van der Waals surface area (Å²) in [6.07, 6.45) is 3.58. The monoisotopic (exact) mass is 508 g/mol. The number of ether oxygens (including phenoxy) is 1. The van der Waals surface area contributed by atoms with Gasteiger partial charge in [0, 0.05) is 0 Å². The molecule has 4 aliphatic rings. The molecule has 3 saturated carbocycles. The summed E-state index contributed by atoms with van der Waals surface area (Å²) in [7, 11) is 0. The maximum atomic E-state index is 13.1. The molecule has 4 N–H and O–H groups in total. The van der Waals surface area contributed by atoms with E-state index >= 15 is 0 Å². The number of carbonyl (C=O) groups excluding carboxylic acids is 1. The molecule has 0 spiro atoms. The summed E-state index contributed by atoms with van der Waals surface area (Å²) in [5, 5.41) is 43.5. The highest BCUT2D eigenvalue weighted by atomic mass is 16.5. The quantitative estimate of drug-likeness (QED) is 0.385. The smallest absolute Gasteiger partial charge is 0.309 e. The van der Waals surface area contributed by atoms with Gasteiger partial charge in [-0.2, -0.15) is 0 Å². The lowest BCUT2D eigenvalue weighted by atomic mass is 9.47. The number of fused-ring (bicyclic) bond motifs is 5. The van der Waals surface area contributed by atoms with Crippen molar-refractivity contribution in [3.63, 3.8) is 0 Å². The number of cyclic esters (lactones) is 1. The molecule has 6 heteroatoms. The van der Waals surface area contributed by atoms with E-state index in [1.54, 1.807) is 0 Å². The van der Waals surface area contributed by atoms with Crippen LogP contribution in [0.25, 0.3) is 0 Å². The van der Waals surface area contributed by atoms with E-state index in [-0.39, 0.29) is 52.8 Å². The highest BCUT2D eigenvalue weighted by Gasteiger charge is 2.63. The molecule has 0 radical (unpaired) electrons. The van der Waals surface area contributed by atoms with Gasteiger partial charge in [-0.1, -0.05) is 48.0 Å². The average Bonchev–Trinajstić information content (AvgIpc) is 3.19. The van der Waals surface area contributed by atoms with E-state index in [1.165, 1.54) is 0 Å². The molecule has 1 heterocycles. The Hall–Kier alpha value is -0.690. The van der Waals surface area contributed by atoms with Crippen LogP contribution in [0.3, 0.4) is 0 Å². The van der Waals surface area contributed by atoms with Crippen LogP contribution in [0.2, 0.25) is 0 Å². The first-order valence-electron chi connectivity index (χ1n) is 14.8. The predicted octanol–water partition coefficient (Wildman–Crippen LogP) is 4.17. The molecule has 0 bridgehead atoms. The maximum absolute atomic E-state index is 13.1. The van der Waals surface area contributed by atoms with E-state index in [9.17, 15) is 25.2 Å². The molecular weight excluding hydrogens is 456 g/mol. The van der Waals surface area contributed by atoms with Gasteiger partial charge in [-0.3, -0.25) is 4.79 Å². The fourth-order valence-corrected chi connectivity index (χ4v) is 10.0. The van der Waals surface area contributed by atoms with Gasteiger partial charge >= 0.3 is 5.97 Å². The number of aliphatic hydroxyl groups excluding tert-OH is 4. The third kappa shape index (κ3) is 4.36. The van der Waals surface area contributed by atoms with Crippen LogP contribution in [-0.4, -0.2) is 57.4 Å². The highest BCUT2D eigenvalue weighted by molar-refractivity contribution is 5.74. The zero-order valence-corrected chi connectivity index (χ0v) is 23.4. The molecule has 0 aromatic carbocycles. The highest BCUT2D eigenvalue weighted by Crippen LogP contribution is 2.67. The largest absolute Gasteiger partial charge is 0.465 e. The first-order valence-corrected chi connectivity index (χ1v) is 14.8. The first-order chi connectivity index (χ1) is 16.9. The average molecular weight is 509 g/mol. The van der Waals surface area contributed by atoms with Crippen molar-refractivity contribution >= 4 is 5.97 Å². The van der Waals surface area contributed by atoms with Crippen LogP contribution in [0.4, 0.5) is 0 Å². The molecule has 13 atom stereocenters. The Bertz CT molecular complexity index is 785. The Balaban J connectivity index is 1.61. The third-order valence-corrected chi connectivity index (χ3v) is 12.1. The number of aliphatic hydroxyl groups is 4. The number of rotatable bonds is 7. The van der Waals surface area contributed by atoms with Crippen LogP contribution in [0.15, 0.2) is 0 Å². The molecule has 36 heavy (non-hydrogen) atoms. The predicted molar refractivity (Wildman–Crippen MR) is 139 cm³/mol. The summed E-state index contributed by atoms with van der Waals surface area (Å²) in [5.41, 5.74) is -0.307. The number of esters is 1. The summed E-state index contributed by atoms with van der Waals surface area (Å²) >= 11 is 0. The zero-order valence-electron chi connectivity index (χ0n) is 23.4. The van der Waals surface area contributed by atoms with Gasteiger partial charge in [0.1, 0.15) is 0 Å². The summed E-state index contributed by atoms with van der Waals surface area (Å²) in [6.45, 7) is 13.3. The van der Waals surface area contributed by atoms with Crippen LogP contribution in [0.5, 0.6) is 0 Å². The molecule has 1 saturated heterocycles. The molecule has 0 aromatic heterocycles. The van der Waals surface area contributed by atoms with Crippen molar-refractivity contribution < 1.29 is 30.0 Å². The molecule has 4 fully saturated rings. The summed E-state index contributed by atoms with van der Waals surface area (Å²) in [5.74, 6) is 1.06. The minimum absolute atomic E-state index is 0.00221. The van der Waals surface area contributed by atoms with Crippen molar-refractivity contribution in [2.75, 3.05) is 6.61 Å². The van der Waals surface area contributed by atoms with Gasteiger partial charge in [0.05, 0.1) is 36.9 Å². The summed E-state index contributed by atoms with van der Waals surface area (Å²) < 4.78 is 5.92. The zero-order chi connectivity index (χ0) is 26.6. The topological polar surface area (TPSA) is 107 Å². The molecule has 0 aromatic rings. The van der Waals surface area contributed by atoms with Crippen molar-refractivity contribution in [3.05, 3.63) is 0 Å². The van der Waals surface area contributed by atoms with E-state index in [4.69, 9.17) is 4.74 Å². The van der Waals surface area contributed by atoms with Crippen molar-refractivity contribution in [2.45, 2.75) is 117 Å². The molecule has 1 aliphatic heterocycles. The summed E-state index contributed by atoms with van der Waals surface area (Å²) in [6, 6.07) is 0. The van der Waals surface area contributed by atoms with E-state index in [2.05, 4.69) is 41.5 Å². The van der Waals surface area contributed by atoms with Crippen LogP contribution in [-0.2, 0) is 9.53 Å². The lowest BCUT2D eigenvalue weighted by Crippen LogP contribution is -2.55. The Morgan fingerprint density at radius 1 is 1.00 bits per heavy atom. The SMILES string of the molecule is CC[C@@H](C(C)C)[C@@H](O)[C@H](O)[C@@H](C)[C@H]1CCC2C3COC(=O)C4C[C@H](O)[C@H](O)C[C@]4(C)C3CC[C@@]21CC. The number of hydrogen-bond acceptors (Lipinski definition) is 6. The van der Waals surface area contributed by atoms with Crippen LogP contribution in [0.1, 0.15) is 92.9 Å². The van der Waals surface area contributed by atoms with Crippen molar-refractivity contribution in [1.82, 2.24) is 0 Å². The van der Waals surface area contributed by atoms with E-state index < -0.39 is 24.4 Å². The minimum Gasteiger partial charge on any atom is -0.465 e.